The van der Waals surface area contributed by atoms with Crippen LogP contribution < -0.4 is 4.90 Å². The molecule has 1 saturated heterocycles. The van der Waals surface area contributed by atoms with Gasteiger partial charge in [0.1, 0.15) is 5.82 Å². The van der Waals surface area contributed by atoms with Gasteiger partial charge in [-0.05, 0) is 54.2 Å². The summed E-state index contributed by atoms with van der Waals surface area (Å²) in [4.78, 5) is 6.87. The van der Waals surface area contributed by atoms with Crippen LogP contribution in [0.2, 0.25) is 0 Å². The van der Waals surface area contributed by atoms with Gasteiger partial charge in [0, 0.05) is 18.8 Å². The molecule has 2 rings (SSSR count). The molecule has 0 spiro atoms. The van der Waals surface area contributed by atoms with Crippen LogP contribution in [0.3, 0.4) is 0 Å². The van der Waals surface area contributed by atoms with E-state index in [0.717, 1.165) is 16.8 Å². The highest BCUT2D eigenvalue weighted by atomic mass is 79.9. The predicted molar refractivity (Wildman–Crippen MR) is 62.7 cm³/mol. The zero-order valence-electron chi connectivity index (χ0n) is 8.63. The molecular weight excluding hydrogens is 240 g/mol. The van der Waals surface area contributed by atoms with Crippen LogP contribution in [0, 0.1) is 6.92 Å². The minimum absolute atomic E-state index is 0.626. The van der Waals surface area contributed by atoms with Gasteiger partial charge in [0.2, 0.25) is 0 Å². The minimum Gasteiger partial charge on any atom is -0.353 e. The number of pyridine rings is 1. The monoisotopic (exact) mass is 254 g/mol. The molecule has 0 aromatic carbocycles. The topological polar surface area (TPSA) is 16.1 Å². The molecule has 76 valence electrons. The Morgan fingerprint density at radius 3 is 2.93 bits per heavy atom. The summed E-state index contributed by atoms with van der Waals surface area (Å²) < 4.78 is 1.12. The molecule has 0 N–H and O–H groups in total. The molecule has 1 atom stereocenters. The second kappa shape index (κ2) is 3.89. The maximum atomic E-state index is 4.49. The van der Waals surface area contributed by atoms with Crippen LogP contribution in [0.25, 0.3) is 0 Å². The third kappa shape index (κ3) is 1.78. The van der Waals surface area contributed by atoms with Gasteiger partial charge in [-0.3, -0.25) is 0 Å². The van der Waals surface area contributed by atoms with Gasteiger partial charge in [-0.2, -0.15) is 0 Å². The molecule has 1 fully saturated rings. The zero-order valence-corrected chi connectivity index (χ0v) is 10.2. The third-order valence-electron chi connectivity index (χ3n) is 2.78. The summed E-state index contributed by atoms with van der Waals surface area (Å²) in [6.45, 7) is 5.46. The van der Waals surface area contributed by atoms with Crippen molar-refractivity contribution in [2.75, 3.05) is 11.4 Å². The molecule has 3 heteroatoms. The van der Waals surface area contributed by atoms with Gasteiger partial charge in [0.25, 0.3) is 0 Å². The molecule has 0 aliphatic carbocycles. The number of hydrogen-bond donors (Lipinski definition) is 0. The molecule has 0 radical (unpaired) electrons. The number of aromatic nitrogens is 1. The van der Waals surface area contributed by atoms with Gasteiger partial charge >= 0.3 is 0 Å². The minimum atomic E-state index is 0.626. The van der Waals surface area contributed by atoms with Crippen LogP contribution >= 0.6 is 15.9 Å². The zero-order chi connectivity index (χ0) is 10.1. The second-order valence-corrected chi connectivity index (χ2v) is 4.86. The average Bonchev–Trinajstić information content (AvgIpc) is 2.52. The Kier molecular flexibility index (Phi) is 2.77. The fourth-order valence-corrected chi connectivity index (χ4v) is 2.68. The van der Waals surface area contributed by atoms with Gasteiger partial charge in [0.05, 0.1) is 4.47 Å². The summed E-state index contributed by atoms with van der Waals surface area (Å²) in [6, 6.07) is 2.76. The van der Waals surface area contributed by atoms with Crippen molar-refractivity contribution >= 4 is 21.7 Å². The van der Waals surface area contributed by atoms with Crippen molar-refractivity contribution in [3.05, 3.63) is 22.3 Å². The molecule has 2 heterocycles. The first-order chi connectivity index (χ1) is 6.68. The largest absolute Gasteiger partial charge is 0.353 e. The Morgan fingerprint density at radius 2 is 2.36 bits per heavy atom. The lowest BCUT2D eigenvalue weighted by molar-refractivity contribution is 0.725. The standard InChI is InChI=1S/C11H15BrN2/c1-8-6-10(12)11(13-7-8)14-5-3-4-9(14)2/h6-7,9H,3-5H2,1-2H3. The molecule has 1 aliphatic heterocycles. The van der Waals surface area contributed by atoms with Crippen molar-refractivity contribution in [2.24, 2.45) is 0 Å². The highest BCUT2D eigenvalue weighted by Crippen LogP contribution is 2.30. The Labute approximate surface area is 93.5 Å². The highest BCUT2D eigenvalue weighted by molar-refractivity contribution is 9.10. The fourth-order valence-electron chi connectivity index (χ4n) is 1.99. The van der Waals surface area contributed by atoms with E-state index in [1.165, 1.54) is 18.4 Å². The van der Waals surface area contributed by atoms with Crippen LogP contribution in [0.4, 0.5) is 5.82 Å². The number of aryl methyl sites for hydroxylation is 1. The van der Waals surface area contributed by atoms with E-state index < -0.39 is 0 Å². The number of hydrogen-bond acceptors (Lipinski definition) is 2. The van der Waals surface area contributed by atoms with Crippen LogP contribution in [0.1, 0.15) is 25.3 Å². The fraction of sp³-hybridized carbons (Fsp3) is 0.545. The summed E-state index contributed by atoms with van der Waals surface area (Å²) in [7, 11) is 0. The number of anilines is 1. The van der Waals surface area contributed by atoms with Crippen LogP contribution in [-0.4, -0.2) is 17.6 Å². The van der Waals surface area contributed by atoms with Crippen LogP contribution in [0.5, 0.6) is 0 Å². The SMILES string of the molecule is Cc1cnc(N2CCCC2C)c(Br)c1. The Morgan fingerprint density at radius 1 is 1.57 bits per heavy atom. The quantitative estimate of drug-likeness (QED) is 0.766. The van der Waals surface area contributed by atoms with Crippen molar-refractivity contribution in [2.45, 2.75) is 32.7 Å². The molecule has 1 aromatic heterocycles. The predicted octanol–water partition coefficient (Wildman–Crippen LogP) is 3.14. The van der Waals surface area contributed by atoms with Crippen molar-refractivity contribution in [3.63, 3.8) is 0 Å². The molecule has 0 amide bonds. The summed E-state index contributed by atoms with van der Waals surface area (Å²) in [5.74, 6) is 1.10. The van der Waals surface area contributed by atoms with Crippen molar-refractivity contribution < 1.29 is 0 Å². The maximum absolute atomic E-state index is 4.49. The Balaban J connectivity index is 2.31. The summed E-state index contributed by atoms with van der Waals surface area (Å²) in [6.07, 6.45) is 4.50. The molecule has 2 nitrogen and oxygen atoms in total. The van der Waals surface area contributed by atoms with E-state index >= 15 is 0 Å². The van der Waals surface area contributed by atoms with E-state index in [4.69, 9.17) is 0 Å². The molecular formula is C11H15BrN2. The van der Waals surface area contributed by atoms with Crippen LogP contribution in [-0.2, 0) is 0 Å². The molecule has 14 heavy (non-hydrogen) atoms. The average molecular weight is 255 g/mol. The van der Waals surface area contributed by atoms with Crippen molar-refractivity contribution in [1.29, 1.82) is 0 Å². The number of nitrogens with zero attached hydrogens (tertiary/aromatic N) is 2. The van der Waals surface area contributed by atoms with Gasteiger partial charge in [0.15, 0.2) is 0 Å². The van der Waals surface area contributed by atoms with Gasteiger partial charge < -0.3 is 4.90 Å². The molecule has 0 saturated carbocycles. The van der Waals surface area contributed by atoms with E-state index in [-0.39, 0.29) is 0 Å². The summed E-state index contributed by atoms with van der Waals surface area (Å²) >= 11 is 3.58. The van der Waals surface area contributed by atoms with Gasteiger partial charge in [-0.1, -0.05) is 0 Å². The molecule has 1 unspecified atom stereocenters. The smallest absolute Gasteiger partial charge is 0.143 e. The van der Waals surface area contributed by atoms with Gasteiger partial charge in [-0.25, -0.2) is 4.98 Å². The first-order valence-electron chi connectivity index (χ1n) is 5.07. The molecule has 0 bridgehead atoms. The highest BCUT2D eigenvalue weighted by Gasteiger charge is 2.22. The lowest BCUT2D eigenvalue weighted by atomic mass is 10.2. The lowest BCUT2D eigenvalue weighted by Gasteiger charge is -2.23. The van der Waals surface area contributed by atoms with Crippen molar-refractivity contribution in [1.82, 2.24) is 4.98 Å². The van der Waals surface area contributed by atoms with E-state index in [2.05, 4.69) is 45.7 Å². The Bertz CT molecular complexity index is 338. The molecule has 1 aromatic rings. The van der Waals surface area contributed by atoms with Gasteiger partial charge in [-0.15, -0.1) is 0 Å². The number of rotatable bonds is 1. The van der Waals surface area contributed by atoms with E-state index in [1.807, 2.05) is 6.20 Å². The summed E-state index contributed by atoms with van der Waals surface area (Å²) in [5, 5.41) is 0. The second-order valence-electron chi connectivity index (χ2n) is 4.00. The van der Waals surface area contributed by atoms with E-state index in [9.17, 15) is 0 Å². The Hall–Kier alpha value is -0.570. The maximum Gasteiger partial charge on any atom is 0.143 e. The first-order valence-corrected chi connectivity index (χ1v) is 5.86. The normalized spacial score (nSPS) is 21.6. The first kappa shape index (κ1) is 9.97. The summed E-state index contributed by atoms with van der Waals surface area (Å²) in [5.41, 5.74) is 1.20. The number of halogens is 1. The lowest BCUT2D eigenvalue weighted by Crippen LogP contribution is -2.27. The van der Waals surface area contributed by atoms with Crippen molar-refractivity contribution in [3.8, 4) is 0 Å². The third-order valence-corrected chi connectivity index (χ3v) is 3.37. The van der Waals surface area contributed by atoms with E-state index in [0.29, 0.717) is 6.04 Å². The molecule has 1 aliphatic rings. The van der Waals surface area contributed by atoms with E-state index in [1.54, 1.807) is 0 Å². The van der Waals surface area contributed by atoms with Crippen LogP contribution in [0.15, 0.2) is 16.7 Å².